The van der Waals surface area contributed by atoms with E-state index in [9.17, 15) is 9.18 Å². The lowest BCUT2D eigenvalue weighted by Gasteiger charge is -2.27. The summed E-state index contributed by atoms with van der Waals surface area (Å²) in [5.41, 5.74) is 1.64. The van der Waals surface area contributed by atoms with E-state index in [1.165, 1.54) is 12.1 Å². The van der Waals surface area contributed by atoms with Crippen molar-refractivity contribution < 1.29 is 9.18 Å². The number of rotatable bonds is 9. The maximum Gasteiger partial charge on any atom is 0.227 e. The zero-order chi connectivity index (χ0) is 18.9. The zero-order valence-corrected chi connectivity index (χ0v) is 15.8. The van der Waals surface area contributed by atoms with Gasteiger partial charge in [0.15, 0.2) is 0 Å². The summed E-state index contributed by atoms with van der Waals surface area (Å²) in [6.07, 6.45) is 2.20. The van der Waals surface area contributed by atoms with Gasteiger partial charge in [-0.15, -0.1) is 0 Å². The molecule has 0 spiro atoms. The molecule has 0 fully saturated rings. The minimum Gasteiger partial charge on any atom is -0.354 e. The minimum absolute atomic E-state index is 0.0544. The fourth-order valence-corrected chi connectivity index (χ4v) is 3.13. The van der Waals surface area contributed by atoms with Gasteiger partial charge in [0.1, 0.15) is 5.82 Å². The van der Waals surface area contributed by atoms with Gasteiger partial charge < -0.3 is 5.32 Å². The maximum absolute atomic E-state index is 13.3. The highest BCUT2D eigenvalue weighted by atomic mass is 19.1. The fraction of sp³-hybridized carbons (Fsp3) is 0.429. The van der Waals surface area contributed by atoms with Gasteiger partial charge in [-0.3, -0.25) is 14.7 Å². The van der Waals surface area contributed by atoms with Gasteiger partial charge in [0, 0.05) is 30.9 Å². The number of hydrogen-bond acceptors (Lipinski definition) is 3. The highest BCUT2D eigenvalue weighted by Crippen LogP contribution is 2.21. The number of halogens is 1. The van der Waals surface area contributed by atoms with Crippen molar-refractivity contribution >= 4 is 5.91 Å². The van der Waals surface area contributed by atoms with Crippen LogP contribution in [0.5, 0.6) is 0 Å². The van der Waals surface area contributed by atoms with E-state index in [1.54, 1.807) is 18.3 Å². The van der Waals surface area contributed by atoms with Gasteiger partial charge in [0.05, 0.1) is 5.92 Å². The van der Waals surface area contributed by atoms with Crippen molar-refractivity contribution in [1.29, 1.82) is 0 Å². The Morgan fingerprint density at radius 3 is 2.42 bits per heavy atom. The van der Waals surface area contributed by atoms with Crippen LogP contribution in [0.2, 0.25) is 0 Å². The van der Waals surface area contributed by atoms with Gasteiger partial charge in [-0.2, -0.15) is 0 Å². The first-order chi connectivity index (χ1) is 12.5. The van der Waals surface area contributed by atoms with Gasteiger partial charge in [0.2, 0.25) is 5.91 Å². The molecule has 1 aromatic heterocycles. The van der Waals surface area contributed by atoms with Crippen molar-refractivity contribution in [3.05, 3.63) is 65.7 Å². The first kappa shape index (κ1) is 20.0. The fourth-order valence-electron chi connectivity index (χ4n) is 3.13. The molecule has 2 atom stereocenters. The number of benzene rings is 1. The number of carbonyl (C=O) groups is 1. The highest BCUT2D eigenvalue weighted by Gasteiger charge is 2.22. The summed E-state index contributed by atoms with van der Waals surface area (Å²) in [4.78, 5) is 19.5. The Morgan fingerprint density at radius 1 is 1.15 bits per heavy atom. The lowest BCUT2D eigenvalue weighted by molar-refractivity contribution is -0.122. The summed E-state index contributed by atoms with van der Waals surface area (Å²) < 4.78 is 13.3. The van der Waals surface area contributed by atoms with Crippen LogP contribution in [0, 0.1) is 5.82 Å². The van der Waals surface area contributed by atoms with Crippen molar-refractivity contribution in [3.8, 4) is 0 Å². The van der Waals surface area contributed by atoms with Gasteiger partial charge >= 0.3 is 0 Å². The minimum atomic E-state index is -0.394. The highest BCUT2D eigenvalue weighted by molar-refractivity contribution is 5.84. The van der Waals surface area contributed by atoms with Crippen molar-refractivity contribution in [1.82, 2.24) is 15.2 Å². The molecule has 0 bridgehead atoms. The first-order valence-corrected chi connectivity index (χ1v) is 9.22. The Hall–Kier alpha value is -2.27. The van der Waals surface area contributed by atoms with Crippen LogP contribution in [0.1, 0.15) is 37.9 Å². The lowest BCUT2D eigenvalue weighted by atomic mass is 9.93. The molecule has 1 heterocycles. The van der Waals surface area contributed by atoms with Gasteiger partial charge in [-0.05, 0) is 49.8 Å². The average molecular weight is 357 g/mol. The third-order valence-corrected chi connectivity index (χ3v) is 4.74. The summed E-state index contributed by atoms with van der Waals surface area (Å²) >= 11 is 0. The SMILES string of the molecule is CCN(CC)C(C)CNC(=O)C(Cc1ccccn1)c1ccc(F)cc1. The average Bonchev–Trinajstić information content (AvgIpc) is 2.67. The van der Waals surface area contributed by atoms with E-state index in [4.69, 9.17) is 0 Å². The Bertz CT molecular complexity index is 671. The van der Waals surface area contributed by atoms with Gasteiger partial charge in [0.25, 0.3) is 0 Å². The van der Waals surface area contributed by atoms with Crippen LogP contribution in [0.4, 0.5) is 4.39 Å². The van der Waals surface area contributed by atoms with E-state index in [-0.39, 0.29) is 17.8 Å². The normalized spacial score (nSPS) is 13.4. The second-order valence-corrected chi connectivity index (χ2v) is 6.44. The maximum atomic E-state index is 13.3. The van der Waals surface area contributed by atoms with Crippen LogP contribution < -0.4 is 5.32 Å². The zero-order valence-electron chi connectivity index (χ0n) is 15.8. The first-order valence-electron chi connectivity index (χ1n) is 9.22. The van der Waals surface area contributed by atoms with Crippen LogP contribution in [0.3, 0.4) is 0 Å². The largest absolute Gasteiger partial charge is 0.354 e. The van der Waals surface area contributed by atoms with Crippen LogP contribution in [0.25, 0.3) is 0 Å². The van der Waals surface area contributed by atoms with E-state index >= 15 is 0 Å². The molecular formula is C21H28FN3O. The molecule has 0 aliphatic heterocycles. The summed E-state index contributed by atoms with van der Waals surface area (Å²) in [7, 11) is 0. The van der Waals surface area contributed by atoms with Gasteiger partial charge in [-0.25, -0.2) is 4.39 Å². The molecule has 26 heavy (non-hydrogen) atoms. The van der Waals surface area contributed by atoms with E-state index < -0.39 is 5.92 Å². The van der Waals surface area contributed by atoms with E-state index in [0.717, 1.165) is 24.3 Å². The second-order valence-electron chi connectivity index (χ2n) is 6.44. The lowest BCUT2D eigenvalue weighted by Crippen LogP contribution is -2.43. The summed E-state index contributed by atoms with van der Waals surface area (Å²) in [5.74, 6) is -0.753. The number of likely N-dealkylation sites (N-methyl/N-ethyl adjacent to an activating group) is 1. The number of nitrogens with one attached hydrogen (secondary N) is 1. The van der Waals surface area contributed by atoms with Crippen LogP contribution in [-0.2, 0) is 11.2 Å². The van der Waals surface area contributed by atoms with E-state index in [1.807, 2.05) is 18.2 Å². The quantitative estimate of drug-likeness (QED) is 0.748. The topological polar surface area (TPSA) is 45.2 Å². The van der Waals surface area contributed by atoms with Crippen molar-refractivity contribution in [2.45, 2.75) is 39.2 Å². The van der Waals surface area contributed by atoms with E-state index in [2.05, 4.69) is 36.0 Å². The molecule has 5 heteroatoms. The standard InChI is InChI=1S/C21H28FN3O/c1-4-25(5-2)16(3)15-24-21(26)20(14-19-8-6-7-13-23-19)17-9-11-18(22)12-10-17/h6-13,16,20H,4-5,14-15H2,1-3H3,(H,24,26). The molecule has 0 radical (unpaired) electrons. The molecule has 1 N–H and O–H groups in total. The molecule has 2 aromatic rings. The Labute approximate surface area is 155 Å². The predicted molar refractivity (Wildman–Crippen MR) is 102 cm³/mol. The third-order valence-electron chi connectivity index (χ3n) is 4.74. The van der Waals surface area contributed by atoms with Crippen LogP contribution in [-0.4, -0.2) is 41.5 Å². The van der Waals surface area contributed by atoms with Crippen LogP contribution >= 0.6 is 0 Å². The van der Waals surface area contributed by atoms with Crippen molar-refractivity contribution in [2.75, 3.05) is 19.6 Å². The summed E-state index contributed by atoms with van der Waals surface area (Å²) in [6.45, 7) is 8.82. The molecule has 0 aliphatic rings. The molecule has 0 aliphatic carbocycles. The number of amides is 1. The molecule has 0 saturated heterocycles. The monoisotopic (exact) mass is 357 g/mol. The molecule has 4 nitrogen and oxygen atoms in total. The third kappa shape index (κ3) is 5.63. The number of pyridine rings is 1. The molecule has 0 saturated carbocycles. The summed E-state index contributed by atoms with van der Waals surface area (Å²) in [6, 6.07) is 12.1. The number of nitrogens with zero attached hydrogens (tertiary/aromatic N) is 2. The van der Waals surface area contributed by atoms with Gasteiger partial charge in [-0.1, -0.05) is 32.0 Å². The molecule has 2 rings (SSSR count). The molecule has 140 valence electrons. The second kappa shape index (κ2) is 10.0. The Morgan fingerprint density at radius 2 is 1.85 bits per heavy atom. The molecular weight excluding hydrogens is 329 g/mol. The summed E-state index contributed by atoms with van der Waals surface area (Å²) in [5, 5.41) is 3.06. The number of hydrogen-bond donors (Lipinski definition) is 1. The van der Waals surface area contributed by atoms with E-state index in [0.29, 0.717) is 13.0 Å². The van der Waals surface area contributed by atoms with Crippen LogP contribution in [0.15, 0.2) is 48.7 Å². The number of carbonyl (C=O) groups excluding carboxylic acids is 1. The smallest absolute Gasteiger partial charge is 0.227 e. The molecule has 1 aromatic carbocycles. The number of aromatic nitrogens is 1. The Balaban J connectivity index is 2.12. The molecule has 1 amide bonds. The van der Waals surface area contributed by atoms with Crippen molar-refractivity contribution in [3.63, 3.8) is 0 Å². The molecule has 2 unspecified atom stereocenters. The predicted octanol–water partition coefficient (Wildman–Crippen LogP) is 3.39. The Kier molecular flexibility index (Phi) is 7.73. The van der Waals surface area contributed by atoms with Crippen molar-refractivity contribution in [2.24, 2.45) is 0 Å².